The lowest BCUT2D eigenvalue weighted by Gasteiger charge is -2.28. The van der Waals surface area contributed by atoms with E-state index in [1.54, 1.807) is 11.6 Å². The maximum absolute atomic E-state index is 12.6. The molecule has 1 unspecified atom stereocenters. The largest absolute Gasteiger partial charge is 0.378 e. The molecule has 2 aromatic rings. The molecule has 0 bridgehead atoms. The summed E-state index contributed by atoms with van der Waals surface area (Å²) in [5.41, 5.74) is 2.59. The summed E-state index contributed by atoms with van der Waals surface area (Å²) in [6, 6.07) is 8.62. The van der Waals surface area contributed by atoms with Gasteiger partial charge in [-0.05, 0) is 55.2 Å². The van der Waals surface area contributed by atoms with Crippen LogP contribution >= 0.6 is 0 Å². The van der Waals surface area contributed by atoms with E-state index in [4.69, 9.17) is 0 Å². The van der Waals surface area contributed by atoms with Crippen molar-refractivity contribution in [2.75, 3.05) is 5.32 Å². The fourth-order valence-electron chi connectivity index (χ4n) is 3.15. The second-order valence-corrected chi connectivity index (χ2v) is 7.97. The monoisotopic (exact) mass is 368 g/mol. The number of nitrogens with one attached hydrogen (secondary N) is 1. The van der Waals surface area contributed by atoms with Gasteiger partial charge in [-0.25, -0.2) is 8.42 Å². The summed E-state index contributed by atoms with van der Waals surface area (Å²) in [6.07, 6.45) is 2.60. The predicted molar refractivity (Wildman–Crippen MR) is 90.6 cm³/mol. The van der Waals surface area contributed by atoms with Crippen LogP contribution in [0.1, 0.15) is 30.1 Å². The van der Waals surface area contributed by atoms with Gasteiger partial charge in [0.05, 0.1) is 10.9 Å². The molecular weight excluding hydrogens is 350 g/mol. The summed E-state index contributed by atoms with van der Waals surface area (Å²) >= 11 is 0. The van der Waals surface area contributed by atoms with Crippen LogP contribution < -0.4 is 10.9 Å². The Morgan fingerprint density at radius 1 is 1.16 bits per heavy atom. The topological polar surface area (TPSA) is 68.2 Å². The average Bonchev–Trinajstić information content (AvgIpc) is 2.59. The molecule has 8 heteroatoms. The summed E-state index contributed by atoms with van der Waals surface area (Å²) in [5.74, 6) is -3.43. The molecule has 1 aliphatic carbocycles. The molecule has 1 N–H and O–H groups in total. The van der Waals surface area contributed by atoms with Gasteiger partial charge in [0.2, 0.25) is 15.4 Å². The first-order valence-corrected chi connectivity index (χ1v) is 9.43. The van der Waals surface area contributed by atoms with E-state index in [9.17, 15) is 22.0 Å². The lowest BCUT2D eigenvalue weighted by molar-refractivity contribution is 0.234. The Morgan fingerprint density at radius 3 is 2.48 bits per heavy atom. The summed E-state index contributed by atoms with van der Waals surface area (Å²) in [6.45, 7) is 0. The molecule has 0 fully saturated rings. The molecule has 3 rings (SSSR count). The van der Waals surface area contributed by atoms with Crippen LogP contribution in [0.25, 0.3) is 0 Å². The van der Waals surface area contributed by atoms with Crippen molar-refractivity contribution in [2.24, 2.45) is 7.05 Å². The SMILES string of the molecule is Cn1c2c(ccc1=O)C(Nc1ccc(S(=O)(=O)C(F)F)cc1)CCC2. The van der Waals surface area contributed by atoms with Crippen molar-refractivity contribution < 1.29 is 17.2 Å². The second-order valence-electron chi connectivity index (χ2n) is 6.05. The molecule has 0 amide bonds. The van der Waals surface area contributed by atoms with Crippen molar-refractivity contribution in [1.82, 2.24) is 4.57 Å². The van der Waals surface area contributed by atoms with Crippen LogP contribution in [-0.2, 0) is 23.3 Å². The maximum atomic E-state index is 12.6. The van der Waals surface area contributed by atoms with Crippen molar-refractivity contribution in [1.29, 1.82) is 0 Å². The van der Waals surface area contributed by atoms with Gasteiger partial charge in [0.1, 0.15) is 0 Å². The third-order valence-electron chi connectivity index (χ3n) is 4.51. The van der Waals surface area contributed by atoms with Gasteiger partial charge in [0.15, 0.2) is 0 Å². The first-order valence-electron chi connectivity index (χ1n) is 7.88. The molecule has 0 saturated carbocycles. The fraction of sp³-hybridized carbons (Fsp3) is 0.353. The number of halogens is 2. The Morgan fingerprint density at radius 2 is 1.84 bits per heavy atom. The van der Waals surface area contributed by atoms with Gasteiger partial charge in [-0.2, -0.15) is 8.78 Å². The van der Waals surface area contributed by atoms with Crippen LogP contribution in [0.15, 0.2) is 46.1 Å². The molecular formula is C17H18F2N2O3S. The highest BCUT2D eigenvalue weighted by atomic mass is 32.2. The standard InChI is InChI=1S/C17H18F2N2O3S/c1-21-15-4-2-3-14(13(15)9-10-16(21)22)20-11-5-7-12(8-6-11)25(23,24)17(18)19/h5-10,14,17,20H,2-4H2,1H3. The number of benzene rings is 1. The molecule has 5 nitrogen and oxygen atoms in total. The minimum Gasteiger partial charge on any atom is -0.378 e. The van der Waals surface area contributed by atoms with E-state index in [-0.39, 0.29) is 11.6 Å². The lowest BCUT2D eigenvalue weighted by atomic mass is 9.90. The van der Waals surface area contributed by atoms with Crippen molar-refractivity contribution in [3.8, 4) is 0 Å². The Bertz CT molecular complexity index is 937. The van der Waals surface area contributed by atoms with Crippen molar-refractivity contribution >= 4 is 15.5 Å². The van der Waals surface area contributed by atoms with Crippen LogP contribution in [-0.4, -0.2) is 18.7 Å². The molecule has 0 spiro atoms. The molecule has 1 aromatic carbocycles. The van der Waals surface area contributed by atoms with E-state index in [0.717, 1.165) is 30.5 Å². The fourth-order valence-corrected chi connectivity index (χ4v) is 3.87. The first kappa shape index (κ1) is 17.6. The van der Waals surface area contributed by atoms with Gasteiger partial charge in [-0.3, -0.25) is 4.79 Å². The van der Waals surface area contributed by atoms with Gasteiger partial charge in [-0.15, -0.1) is 0 Å². The van der Waals surface area contributed by atoms with E-state index in [1.807, 2.05) is 6.07 Å². The zero-order valence-electron chi connectivity index (χ0n) is 13.6. The van der Waals surface area contributed by atoms with E-state index in [0.29, 0.717) is 5.69 Å². The van der Waals surface area contributed by atoms with Crippen LogP contribution in [0.5, 0.6) is 0 Å². The number of sulfone groups is 1. The Labute approximate surface area is 144 Å². The highest BCUT2D eigenvalue weighted by Gasteiger charge is 2.27. The van der Waals surface area contributed by atoms with E-state index >= 15 is 0 Å². The maximum Gasteiger partial charge on any atom is 0.341 e. The minimum absolute atomic E-state index is 0.0203. The van der Waals surface area contributed by atoms with Gasteiger partial charge >= 0.3 is 5.76 Å². The van der Waals surface area contributed by atoms with E-state index in [1.165, 1.54) is 30.3 Å². The molecule has 0 aliphatic heterocycles. The Hall–Kier alpha value is -2.22. The van der Waals surface area contributed by atoms with Crippen LogP contribution in [0.3, 0.4) is 0 Å². The smallest absolute Gasteiger partial charge is 0.341 e. The summed E-state index contributed by atoms with van der Waals surface area (Å²) in [7, 11) is -2.84. The van der Waals surface area contributed by atoms with Gasteiger partial charge in [0, 0.05) is 24.5 Å². The molecule has 1 aromatic heterocycles. The lowest BCUT2D eigenvalue weighted by Crippen LogP contribution is -2.27. The number of nitrogens with zero attached hydrogens (tertiary/aromatic N) is 1. The molecule has 1 atom stereocenters. The van der Waals surface area contributed by atoms with Crippen molar-refractivity contribution in [3.63, 3.8) is 0 Å². The van der Waals surface area contributed by atoms with Crippen LogP contribution in [0.2, 0.25) is 0 Å². The quantitative estimate of drug-likeness (QED) is 0.901. The molecule has 0 saturated heterocycles. The zero-order chi connectivity index (χ0) is 18.2. The summed E-state index contributed by atoms with van der Waals surface area (Å²) in [5, 5.41) is 3.29. The number of alkyl halides is 2. The Balaban J connectivity index is 1.86. The number of anilines is 1. The van der Waals surface area contributed by atoms with Crippen LogP contribution in [0, 0.1) is 0 Å². The Kier molecular flexibility index (Phi) is 4.64. The number of hydrogen-bond donors (Lipinski definition) is 1. The van der Waals surface area contributed by atoms with Gasteiger partial charge < -0.3 is 9.88 Å². The molecule has 134 valence electrons. The van der Waals surface area contributed by atoms with Crippen LogP contribution in [0.4, 0.5) is 14.5 Å². The zero-order valence-corrected chi connectivity index (χ0v) is 14.4. The minimum atomic E-state index is -4.58. The normalized spacial score (nSPS) is 17.4. The summed E-state index contributed by atoms with van der Waals surface area (Å²) in [4.78, 5) is 11.4. The second kappa shape index (κ2) is 6.59. The first-order chi connectivity index (χ1) is 11.8. The number of hydrogen-bond acceptors (Lipinski definition) is 4. The number of rotatable bonds is 4. The molecule has 0 radical (unpaired) electrons. The van der Waals surface area contributed by atoms with Crippen molar-refractivity contribution in [2.45, 2.75) is 36.0 Å². The van der Waals surface area contributed by atoms with Crippen molar-refractivity contribution in [3.05, 3.63) is 58.0 Å². The number of pyridine rings is 1. The highest BCUT2D eigenvalue weighted by Crippen LogP contribution is 2.32. The van der Waals surface area contributed by atoms with Gasteiger partial charge in [-0.1, -0.05) is 0 Å². The summed E-state index contributed by atoms with van der Waals surface area (Å²) < 4.78 is 49.7. The highest BCUT2D eigenvalue weighted by molar-refractivity contribution is 7.91. The average molecular weight is 368 g/mol. The molecule has 1 aliphatic rings. The number of fused-ring (bicyclic) bond motifs is 1. The molecule has 1 heterocycles. The van der Waals surface area contributed by atoms with E-state index < -0.39 is 20.5 Å². The molecule has 25 heavy (non-hydrogen) atoms. The third-order valence-corrected chi connectivity index (χ3v) is 5.91. The third kappa shape index (κ3) is 3.30. The van der Waals surface area contributed by atoms with E-state index in [2.05, 4.69) is 5.32 Å². The van der Waals surface area contributed by atoms with Gasteiger partial charge in [0.25, 0.3) is 0 Å². The number of aromatic nitrogens is 1. The predicted octanol–water partition coefficient (Wildman–Crippen LogP) is 2.87.